The maximum atomic E-state index is 13.7. The van der Waals surface area contributed by atoms with Crippen LogP contribution in [0, 0.1) is 18.3 Å². The Labute approximate surface area is 231 Å². The molecule has 3 aromatic heterocycles. The van der Waals surface area contributed by atoms with E-state index in [0.717, 1.165) is 17.3 Å². The van der Waals surface area contributed by atoms with E-state index in [1.165, 1.54) is 23.0 Å². The van der Waals surface area contributed by atoms with Gasteiger partial charge in [0.25, 0.3) is 5.91 Å². The molecule has 1 fully saturated rings. The fourth-order valence-electron chi connectivity index (χ4n) is 4.69. The number of amides is 2. The van der Waals surface area contributed by atoms with E-state index in [0.29, 0.717) is 29.9 Å². The zero-order chi connectivity index (χ0) is 29.3. The molecule has 0 aliphatic carbocycles. The van der Waals surface area contributed by atoms with Gasteiger partial charge in [-0.25, -0.2) is 9.97 Å². The largest absolute Gasteiger partial charge is 0.435 e. The Hall–Kier alpha value is -4.97. The second-order valence-electron chi connectivity index (χ2n) is 9.58. The maximum Gasteiger partial charge on any atom is 0.435 e. The van der Waals surface area contributed by atoms with E-state index < -0.39 is 17.8 Å². The number of rotatable bonds is 7. The minimum atomic E-state index is -4.74. The Morgan fingerprint density at radius 2 is 2.07 bits per heavy atom. The number of benzene rings is 1. The van der Waals surface area contributed by atoms with Gasteiger partial charge in [-0.1, -0.05) is 0 Å². The number of imidazole rings is 1. The second kappa shape index (κ2) is 10.9. The molecule has 5 rings (SSSR count). The number of hydrogen-bond donors (Lipinski definition) is 3. The number of aryl methyl sites for hydroxylation is 1. The van der Waals surface area contributed by atoms with Gasteiger partial charge in [0.2, 0.25) is 5.91 Å². The highest BCUT2D eigenvalue weighted by Gasteiger charge is 2.38. The van der Waals surface area contributed by atoms with Gasteiger partial charge in [0, 0.05) is 49.0 Å². The summed E-state index contributed by atoms with van der Waals surface area (Å²) in [6, 6.07) is 6.68. The molecule has 15 heteroatoms. The van der Waals surface area contributed by atoms with Crippen LogP contribution in [0.15, 0.2) is 43.0 Å². The predicted molar refractivity (Wildman–Crippen MR) is 141 cm³/mol. The molecule has 0 spiro atoms. The van der Waals surface area contributed by atoms with Crippen LogP contribution in [0.5, 0.6) is 0 Å². The smallest absolute Gasteiger partial charge is 0.343 e. The van der Waals surface area contributed by atoms with Gasteiger partial charge in [-0.3, -0.25) is 18.7 Å². The van der Waals surface area contributed by atoms with Crippen molar-refractivity contribution in [3.05, 3.63) is 59.8 Å². The summed E-state index contributed by atoms with van der Waals surface area (Å²) in [6.07, 6.45) is 1.31. The first-order valence-electron chi connectivity index (χ1n) is 12.6. The lowest BCUT2D eigenvalue weighted by molar-refractivity contribution is -0.141. The summed E-state index contributed by atoms with van der Waals surface area (Å²) in [5, 5.41) is 18.2. The van der Waals surface area contributed by atoms with E-state index >= 15 is 0 Å². The van der Waals surface area contributed by atoms with Crippen molar-refractivity contribution in [1.29, 1.82) is 5.26 Å². The van der Waals surface area contributed by atoms with E-state index in [1.54, 1.807) is 36.1 Å². The first-order valence-corrected chi connectivity index (χ1v) is 12.6. The van der Waals surface area contributed by atoms with Crippen molar-refractivity contribution in [3.63, 3.8) is 0 Å². The molecule has 1 aliphatic heterocycles. The number of fused-ring (bicyclic) bond motifs is 1. The van der Waals surface area contributed by atoms with E-state index in [4.69, 9.17) is 11.0 Å². The van der Waals surface area contributed by atoms with Crippen molar-refractivity contribution in [2.24, 2.45) is 5.73 Å². The molecule has 41 heavy (non-hydrogen) atoms. The third-order valence-electron chi connectivity index (χ3n) is 6.68. The Balaban J connectivity index is 1.34. The molecule has 12 nitrogen and oxygen atoms in total. The number of hydrogen-bond acceptors (Lipinski definition) is 8. The third-order valence-corrected chi connectivity index (χ3v) is 6.68. The van der Waals surface area contributed by atoms with Crippen molar-refractivity contribution in [1.82, 2.24) is 34.4 Å². The molecule has 1 aromatic carbocycles. The minimum absolute atomic E-state index is 0.0448. The summed E-state index contributed by atoms with van der Waals surface area (Å²) in [4.78, 5) is 35.2. The first-order chi connectivity index (χ1) is 19.5. The molecule has 4 aromatic rings. The molecule has 4 N–H and O–H groups in total. The number of nitriles is 1. The standard InChI is InChI=1S/C26H25F3N10O2/c1-15-10-17(2-3-18(15)25(41)34-12-21(40)37-7-4-16(31)13-37)35-23-24-33-11-20(39(24)9-6-32-23)19-14-38(8-5-30)36-22(19)26(27,28)29/h2-3,6,9-11,14,16H,4,7-8,12-13,31H2,1H3,(H,32,35)(H,34,41)/t16-/m1/s1. The molecule has 0 saturated carbocycles. The lowest BCUT2D eigenvalue weighted by Gasteiger charge is -2.16. The van der Waals surface area contributed by atoms with Gasteiger partial charge in [0.1, 0.15) is 6.54 Å². The monoisotopic (exact) mass is 566 g/mol. The number of carbonyl (C=O) groups excluding carboxylic acids is 2. The van der Waals surface area contributed by atoms with Gasteiger partial charge >= 0.3 is 6.18 Å². The fraction of sp³-hybridized carbons (Fsp3) is 0.308. The summed E-state index contributed by atoms with van der Waals surface area (Å²) in [6.45, 7) is 2.31. The summed E-state index contributed by atoms with van der Waals surface area (Å²) in [5.74, 6) is -0.329. The van der Waals surface area contributed by atoms with E-state index in [1.807, 2.05) is 0 Å². The average Bonchev–Trinajstić information content (AvgIpc) is 3.66. The van der Waals surface area contributed by atoms with E-state index in [9.17, 15) is 22.8 Å². The first kappa shape index (κ1) is 27.6. The summed E-state index contributed by atoms with van der Waals surface area (Å²) in [5.41, 5.74) is 6.42. The summed E-state index contributed by atoms with van der Waals surface area (Å²) >= 11 is 0. The predicted octanol–water partition coefficient (Wildman–Crippen LogP) is 2.48. The molecule has 2 amide bonds. The zero-order valence-corrected chi connectivity index (χ0v) is 21.8. The van der Waals surface area contributed by atoms with Crippen LogP contribution in [0.3, 0.4) is 0 Å². The van der Waals surface area contributed by atoms with Crippen molar-refractivity contribution in [3.8, 4) is 17.3 Å². The Morgan fingerprint density at radius 1 is 1.27 bits per heavy atom. The number of aromatic nitrogens is 5. The van der Waals surface area contributed by atoms with Crippen LogP contribution in [0.1, 0.15) is 28.0 Å². The Bertz CT molecular complexity index is 1670. The topological polar surface area (TPSA) is 159 Å². The van der Waals surface area contributed by atoms with Crippen LogP contribution in [0.2, 0.25) is 0 Å². The molecule has 0 bridgehead atoms. The lowest BCUT2D eigenvalue weighted by atomic mass is 10.1. The van der Waals surface area contributed by atoms with Gasteiger partial charge < -0.3 is 21.3 Å². The Morgan fingerprint density at radius 3 is 2.76 bits per heavy atom. The normalized spacial score (nSPS) is 15.2. The third kappa shape index (κ3) is 5.68. The number of halogens is 3. The number of nitrogens with one attached hydrogen (secondary N) is 2. The summed E-state index contributed by atoms with van der Waals surface area (Å²) < 4.78 is 43.5. The number of nitrogens with zero attached hydrogens (tertiary/aromatic N) is 7. The highest BCUT2D eigenvalue weighted by molar-refractivity contribution is 5.98. The molecule has 4 heterocycles. The lowest BCUT2D eigenvalue weighted by Crippen LogP contribution is -2.40. The van der Waals surface area contributed by atoms with Crippen molar-refractivity contribution in [2.75, 3.05) is 25.0 Å². The van der Waals surface area contributed by atoms with Crippen LogP contribution < -0.4 is 16.4 Å². The van der Waals surface area contributed by atoms with Gasteiger partial charge in [-0.15, -0.1) is 0 Å². The maximum absolute atomic E-state index is 13.7. The van der Waals surface area contributed by atoms with E-state index in [2.05, 4.69) is 25.7 Å². The molecular weight excluding hydrogens is 541 g/mol. The highest BCUT2D eigenvalue weighted by Crippen LogP contribution is 2.37. The number of anilines is 2. The second-order valence-corrected chi connectivity index (χ2v) is 9.58. The number of likely N-dealkylation sites (tertiary alicyclic amines) is 1. The van der Waals surface area contributed by atoms with Crippen molar-refractivity contribution < 1.29 is 22.8 Å². The zero-order valence-electron chi connectivity index (χ0n) is 21.8. The van der Waals surface area contributed by atoms with Crippen LogP contribution in [-0.2, 0) is 17.5 Å². The SMILES string of the molecule is Cc1cc(Nc2nccn3c(-c4cn(CC#N)nc4C(F)(F)F)cnc23)ccc1C(=O)NCC(=O)N1CC[C@@H](N)C1. The number of nitrogens with two attached hydrogens (primary N) is 1. The van der Waals surface area contributed by atoms with Gasteiger partial charge in [0.05, 0.1) is 30.1 Å². The van der Waals surface area contributed by atoms with Gasteiger partial charge in [-0.2, -0.15) is 23.5 Å². The van der Waals surface area contributed by atoms with Crippen molar-refractivity contribution >= 4 is 29.0 Å². The molecule has 1 saturated heterocycles. The van der Waals surface area contributed by atoms with Gasteiger partial charge in [-0.05, 0) is 37.1 Å². The summed E-state index contributed by atoms with van der Waals surface area (Å²) in [7, 11) is 0. The van der Waals surface area contributed by atoms with Crippen molar-refractivity contribution in [2.45, 2.75) is 32.1 Å². The minimum Gasteiger partial charge on any atom is -0.343 e. The molecule has 1 atom stereocenters. The Kier molecular flexibility index (Phi) is 7.33. The molecule has 212 valence electrons. The molecule has 0 radical (unpaired) electrons. The number of carbonyl (C=O) groups is 2. The van der Waals surface area contributed by atoms with Crippen LogP contribution in [0.25, 0.3) is 16.9 Å². The molecule has 1 aliphatic rings. The fourth-order valence-corrected chi connectivity index (χ4v) is 4.69. The van der Waals surface area contributed by atoms with Crippen LogP contribution >= 0.6 is 0 Å². The molecule has 0 unspecified atom stereocenters. The number of alkyl halides is 3. The molecular formula is C26H25F3N10O2. The van der Waals surface area contributed by atoms with E-state index in [-0.39, 0.29) is 47.8 Å². The highest BCUT2D eigenvalue weighted by atomic mass is 19.4. The van der Waals surface area contributed by atoms with Crippen LogP contribution in [0.4, 0.5) is 24.7 Å². The van der Waals surface area contributed by atoms with Gasteiger partial charge in [0.15, 0.2) is 17.2 Å². The van der Waals surface area contributed by atoms with Crippen LogP contribution in [-0.4, -0.2) is 66.5 Å². The quantitative estimate of drug-likeness (QED) is 0.308. The average molecular weight is 567 g/mol.